The van der Waals surface area contributed by atoms with Gasteiger partial charge in [0.05, 0.1) is 22.9 Å². The Morgan fingerprint density at radius 1 is 1.18 bits per heavy atom. The minimum absolute atomic E-state index is 0.102. The van der Waals surface area contributed by atoms with E-state index in [4.69, 9.17) is 14.2 Å². The van der Waals surface area contributed by atoms with Crippen LogP contribution in [0.5, 0.6) is 17.2 Å². The zero-order valence-electron chi connectivity index (χ0n) is 18.6. The van der Waals surface area contributed by atoms with Crippen LogP contribution in [0.15, 0.2) is 65.1 Å². The summed E-state index contributed by atoms with van der Waals surface area (Å²) < 4.78 is 18.3. The van der Waals surface area contributed by atoms with E-state index in [2.05, 4.69) is 15.5 Å². The third kappa shape index (κ3) is 4.46. The number of hydrogen-bond donors (Lipinski definition) is 1. The number of carbonyl (C=O) groups excluding carboxylic acids is 1. The summed E-state index contributed by atoms with van der Waals surface area (Å²) in [7, 11) is 1.63. The number of thiophene rings is 1. The molecule has 1 atom stereocenters. The molecule has 2 aromatic carbocycles. The van der Waals surface area contributed by atoms with Gasteiger partial charge in [0.25, 0.3) is 0 Å². The number of carbonyl (C=O) groups is 1. The predicted octanol–water partition coefficient (Wildman–Crippen LogP) is 4.53. The number of benzene rings is 2. The maximum atomic E-state index is 12.9. The number of amides is 1. The fraction of sp³-hybridized carbons (Fsp3) is 0.208. The highest BCUT2D eigenvalue weighted by atomic mass is 32.2. The molecule has 1 aliphatic rings. The van der Waals surface area contributed by atoms with E-state index in [0.29, 0.717) is 29.0 Å². The van der Waals surface area contributed by atoms with E-state index in [1.54, 1.807) is 18.4 Å². The standard InChI is InChI=1S/C24H22N4O4S2/c1-15(23(29)25-13-16-9-10-19-20(12-16)32-14-31-19)34-24-27-26-22(21-8-5-11-33-21)28(24)17-6-3-4-7-18(17)30-2/h3-12,15H,13-14H2,1-2H3,(H,25,29)/t15-/m0/s1. The predicted molar refractivity (Wildman–Crippen MR) is 131 cm³/mol. The van der Waals surface area contributed by atoms with Gasteiger partial charge < -0.3 is 19.5 Å². The molecule has 1 N–H and O–H groups in total. The topological polar surface area (TPSA) is 87.5 Å². The molecule has 0 saturated carbocycles. The second kappa shape index (κ2) is 9.78. The Kier molecular flexibility index (Phi) is 6.41. The van der Waals surface area contributed by atoms with E-state index in [1.165, 1.54) is 11.8 Å². The van der Waals surface area contributed by atoms with Crippen LogP contribution >= 0.6 is 23.1 Å². The summed E-state index contributed by atoms with van der Waals surface area (Å²) in [4.78, 5) is 13.9. The Hall–Kier alpha value is -3.50. The van der Waals surface area contributed by atoms with Gasteiger partial charge in [-0.2, -0.15) is 0 Å². The van der Waals surface area contributed by atoms with Crippen molar-refractivity contribution >= 4 is 29.0 Å². The van der Waals surface area contributed by atoms with Crippen LogP contribution in [0.25, 0.3) is 16.4 Å². The first kappa shape index (κ1) is 22.3. The number of aromatic nitrogens is 3. The van der Waals surface area contributed by atoms with Crippen molar-refractivity contribution in [3.05, 3.63) is 65.5 Å². The van der Waals surface area contributed by atoms with Gasteiger partial charge in [-0.15, -0.1) is 21.5 Å². The maximum Gasteiger partial charge on any atom is 0.233 e. The van der Waals surface area contributed by atoms with E-state index in [1.807, 2.05) is 71.5 Å². The highest BCUT2D eigenvalue weighted by molar-refractivity contribution is 8.00. The van der Waals surface area contributed by atoms with Crippen molar-refractivity contribution in [2.45, 2.75) is 23.9 Å². The van der Waals surface area contributed by atoms with Crippen molar-refractivity contribution in [1.29, 1.82) is 0 Å². The molecule has 1 amide bonds. The number of rotatable bonds is 8. The molecule has 5 rings (SSSR count). The average Bonchev–Trinajstić information content (AvgIpc) is 3.62. The SMILES string of the molecule is COc1ccccc1-n1c(S[C@@H](C)C(=O)NCc2ccc3c(c2)OCO3)nnc1-c1cccs1. The minimum Gasteiger partial charge on any atom is -0.495 e. The molecule has 0 radical (unpaired) electrons. The molecular weight excluding hydrogens is 472 g/mol. The minimum atomic E-state index is -0.400. The molecule has 3 heterocycles. The number of para-hydroxylation sites is 2. The lowest BCUT2D eigenvalue weighted by Gasteiger charge is -2.15. The van der Waals surface area contributed by atoms with Gasteiger partial charge in [-0.1, -0.05) is 36.0 Å². The van der Waals surface area contributed by atoms with Gasteiger partial charge in [0.15, 0.2) is 22.5 Å². The summed E-state index contributed by atoms with van der Waals surface area (Å²) in [5.74, 6) is 2.71. The second-order valence-electron chi connectivity index (χ2n) is 7.46. The van der Waals surface area contributed by atoms with Gasteiger partial charge in [0.2, 0.25) is 12.7 Å². The first-order valence-corrected chi connectivity index (χ1v) is 12.4. The van der Waals surface area contributed by atoms with E-state index in [0.717, 1.165) is 21.9 Å². The van der Waals surface area contributed by atoms with Crippen molar-refractivity contribution in [2.24, 2.45) is 0 Å². The lowest BCUT2D eigenvalue weighted by Crippen LogP contribution is -2.30. The van der Waals surface area contributed by atoms with Crippen LogP contribution in [0.4, 0.5) is 0 Å². The fourth-order valence-electron chi connectivity index (χ4n) is 3.54. The first-order chi connectivity index (χ1) is 16.6. The number of thioether (sulfide) groups is 1. The molecule has 0 aliphatic carbocycles. The number of hydrogen-bond acceptors (Lipinski definition) is 8. The molecule has 2 aromatic heterocycles. The number of nitrogens with zero attached hydrogens (tertiary/aromatic N) is 3. The molecule has 8 nitrogen and oxygen atoms in total. The molecule has 0 fully saturated rings. The molecule has 0 spiro atoms. The lowest BCUT2D eigenvalue weighted by atomic mass is 10.2. The van der Waals surface area contributed by atoms with Crippen LogP contribution < -0.4 is 19.5 Å². The first-order valence-electron chi connectivity index (χ1n) is 10.6. The molecule has 10 heteroatoms. The van der Waals surface area contributed by atoms with Crippen molar-refractivity contribution < 1.29 is 19.0 Å². The second-order valence-corrected chi connectivity index (χ2v) is 9.71. The van der Waals surface area contributed by atoms with Gasteiger partial charge in [0.1, 0.15) is 5.75 Å². The Balaban J connectivity index is 1.36. The molecular formula is C24H22N4O4S2. The van der Waals surface area contributed by atoms with Gasteiger partial charge in [-0.3, -0.25) is 9.36 Å². The van der Waals surface area contributed by atoms with Crippen molar-refractivity contribution in [1.82, 2.24) is 20.1 Å². The number of ether oxygens (including phenoxy) is 3. The Morgan fingerprint density at radius 3 is 2.85 bits per heavy atom. The summed E-state index contributed by atoms with van der Waals surface area (Å²) in [6, 6.07) is 17.3. The Labute approximate surface area is 204 Å². The smallest absolute Gasteiger partial charge is 0.233 e. The normalized spacial score (nSPS) is 13.0. The largest absolute Gasteiger partial charge is 0.495 e. The van der Waals surface area contributed by atoms with Crippen molar-refractivity contribution in [2.75, 3.05) is 13.9 Å². The lowest BCUT2D eigenvalue weighted by molar-refractivity contribution is -0.120. The van der Waals surface area contributed by atoms with Crippen LogP contribution in [0.1, 0.15) is 12.5 Å². The van der Waals surface area contributed by atoms with Crippen LogP contribution in [0.3, 0.4) is 0 Å². The van der Waals surface area contributed by atoms with Gasteiger partial charge in [-0.05, 0) is 48.2 Å². The number of methoxy groups -OCH3 is 1. The van der Waals surface area contributed by atoms with Gasteiger partial charge in [0, 0.05) is 6.54 Å². The number of nitrogens with one attached hydrogen (secondary N) is 1. The quantitative estimate of drug-likeness (QED) is 0.360. The van der Waals surface area contributed by atoms with Crippen LogP contribution in [-0.4, -0.2) is 39.8 Å². The molecule has 34 heavy (non-hydrogen) atoms. The summed E-state index contributed by atoms with van der Waals surface area (Å²) in [5.41, 5.74) is 1.75. The molecule has 0 unspecified atom stereocenters. The Morgan fingerprint density at radius 2 is 2.03 bits per heavy atom. The maximum absolute atomic E-state index is 12.9. The van der Waals surface area contributed by atoms with E-state index >= 15 is 0 Å². The highest BCUT2D eigenvalue weighted by Crippen LogP contribution is 2.35. The molecule has 1 aliphatic heterocycles. The van der Waals surface area contributed by atoms with Gasteiger partial charge >= 0.3 is 0 Å². The summed E-state index contributed by atoms with van der Waals surface area (Å²) >= 11 is 2.93. The van der Waals surface area contributed by atoms with Crippen LogP contribution in [0, 0.1) is 0 Å². The molecule has 4 aromatic rings. The zero-order valence-corrected chi connectivity index (χ0v) is 20.2. The Bertz CT molecular complexity index is 1310. The van der Waals surface area contributed by atoms with E-state index in [9.17, 15) is 4.79 Å². The fourth-order valence-corrected chi connectivity index (χ4v) is 5.12. The number of fused-ring (bicyclic) bond motifs is 1. The monoisotopic (exact) mass is 494 g/mol. The zero-order chi connectivity index (χ0) is 23.5. The summed E-state index contributed by atoms with van der Waals surface area (Å²) in [5, 5.41) is 14.1. The molecule has 0 saturated heterocycles. The average molecular weight is 495 g/mol. The van der Waals surface area contributed by atoms with Crippen LogP contribution in [-0.2, 0) is 11.3 Å². The van der Waals surface area contributed by atoms with Crippen molar-refractivity contribution in [3.63, 3.8) is 0 Å². The highest BCUT2D eigenvalue weighted by Gasteiger charge is 2.24. The van der Waals surface area contributed by atoms with E-state index < -0.39 is 5.25 Å². The van der Waals surface area contributed by atoms with Crippen LogP contribution in [0.2, 0.25) is 0 Å². The summed E-state index contributed by atoms with van der Waals surface area (Å²) in [6.45, 7) is 2.46. The van der Waals surface area contributed by atoms with Gasteiger partial charge in [-0.25, -0.2) is 0 Å². The molecule has 174 valence electrons. The summed E-state index contributed by atoms with van der Waals surface area (Å²) in [6.07, 6.45) is 0. The molecule has 0 bridgehead atoms. The van der Waals surface area contributed by atoms with Crippen molar-refractivity contribution in [3.8, 4) is 33.6 Å². The third-order valence-electron chi connectivity index (χ3n) is 5.26. The third-order valence-corrected chi connectivity index (χ3v) is 7.16. The van der Waals surface area contributed by atoms with E-state index in [-0.39, 0.29) is 12.7 Å².